The van der Waals surface area contributed by atoms with E-state index in [-0.39, 0.29) is 0 Å². The Morgan fingerprint density at radius 2 is 1.10 bits per heavy atom. The van der Waals surface area contributed by atoms with E-state index >= 15 is 0 Å². The van der Waals surface area contributed by atoms with Gasteiger partial charge >= 0.3 is 0 Å². The molecule has 1 heteroatoms. The molecule has 1 aliphatic rings. The maximum absolute atomic E-state index is 2.43. The highest BCUT2D eigenvalue weighted by Crippen LogP contribution is 2.40. The molecule has 0 saturated carbocycles. The molecule has 0 bridgehead atoms. The van der Waals surface area contributed by atoms with Crippen LogP contribution >= 0.6 is 0 Å². The van der Waals surface area contributed by atoms with E-state index in [0.717, 1.165) is 0 Å². The first-order chi connectivity index (χ1) is 9.62. The Balaban J connectivity index is 2.06. The maximum Gasteiger partial charge on any atom is 0.118 e. The Hall–Kier alpha value is -1.34. The molecule has 1 saturated heterocycles. The van der Waals surface area contributed by atoms with Gasteiger partial charge in [0.05, 0.1) is 0 Å². The van der Waals surface area contributed by atoms with Crippen LogP contribution < -0.4 is 10.4 Å². The van der Waals surface area contributed by atoms with Crippen molar-refractivity contribution in [1.29, 1.82) is 0 Å². The minimum absolute atomic E-state index is 0.528. The van der Waals surface area contributed by atoms with Crippen LogP contribution in [-0.2, 0) is 0 Å². The molecule has 0 radical (unpaired) electrons. The third kappa shape index (κ3) is 2.47. The summed E-state index contributed by atoms with van der Waals surface area (Å²) >= 11 is 0. The quantitative estimate of drug-likeness (QED) is 0.728. The fraction of sp³-hybridized carbons (Fsp3) is 0.368. The van der Waals surface area contributed by atoms with Gasteiger partial charge in [-0.15, -0.1) is 0 Å². The Morgan fingerprint density at radius 3 is 1.50 bits per heavy atom. The molecule has 2 aromatic carbocycles. The second-order valence-corrected chi connectivity index (χ2v) is 11.3. The zero-order valence-corrected chi connectivity index (χ0v) is 13.6. The van der Waals surface area contributed by atoms with Gasteiger partial charge in [0.15, 0.2) is 0 Å². The van der Waals surface area contributed by atoms with E-state index in [4.69, 9.17) is 0 Å². The van der Waals surface area contributed by atoms with E-state index in [1.54, 1.807) is 10.4 Å². The molecule has 0 nitrogen and oxygen atoms in total. The number of rotatable bonds is 2. The van der Waals surface area contributed by atoms with Crippen molar-refractivity contribution >= 4 is 18.4 Å². The van der Waals surface area contributed by atoms with Crippen LogP contribution in [0, 0.1) is 5.41 Å². The number of benzene rings is 2. The van der Waals surface area contributed by atoms with Gasteiger partial charge < -0.3 is 0 Å². The van der Waals surface area contributed by atoms with Gasteiger partial charge in [0.1, 0.15) is 8.07 Å². The zero-order valence-electron chi connectivity index (χ0n) is 12.6. The van der Waals surface area contributed by atoms with Crippen LogP contribution in [-0.4, -0.2) is 8.07 Å². The Morgan fingerprint density at radius 1 is 0.700 bits per heavy atom. The summed E-state index contributed by atoms with van der Waals surface area (Å²) in [6, 6.07) is 25.4. The minimum atomic E-state index is -1.52. The average Bonchev–Trinajstić information content (AvgIpc) is 2.50. The van der Waals surface area contributed by atoms with Crippen LogP contribution in [0.4, 0.5) is 0 Å². The number of hydrogen-bond acceptors (Lipinski definition) is 0. The molecule has 0 spiro atoms. The van der Waals surface area contributed by atoms with Crippen molar-refractivity contribution in [2.45, 2.75) is 38.8 Å². The third-order valence-electron chi connectivity index (χ3n) is 5.11. The molecule has 1 aliphatic heterocycles. The molecule has 0 amide bonds. The van der Waals surface area contributed by atoms with Gasteiger partial charge in [-0.05, 0) is 30.3 Å². The van der Waals surface area contributed by atoms with Crippen molar-refractivity contribution < 1.29 is 0 Å². The molecular formula is C19H24Si. The monoisotopic (exact) mass is 280 g/mol. The summed E-state index contributed by atoms with van der Waals surface area (Å²) < 4.78 is 0. The van der Waals surface area contributed by atoms with Crippen LogP contribution in [0.3, 0.4) is 0 Å². The molecule has 0 aliphatic carbocycles. The topological polar surface area (TPSA) is 0 Å². The minimum Gasteiger partial charge on any atom is -0.0626 e. The normalized spacial score (nSPS) is 20.5. The molecule has 0 unspecified atom stereocenters. The van der Waals surface area contributed by atoms with Crippen LogP contribution in [0.2, 0.25) is 12.1 Å². The van der Waals surface area contributed by atoms with E-state index in [1.165, 1.54) is 24.9 Å². The SMILES string of the molecule is CC1(C)CC[Si](c2ccccc2)(c2ccccc2)CC1. The van der Waals surface area contributed by atoms with E-state index < -0.39 is 8.07 Å². The van der Waals surface area contributed by atoms with Gasteiger partial charge in [0.2, 0.25) is 0 Å². The molecule has 1 fully saturated rings. The summed E-state index contributed by atoms with van der Waals surface area (Å²) in [6.45, 7) is 4.86. The van der Waals surface area contributed by atoms with Crippen molar-refractivity contribution in [1.82, 2.24) is 0 Å². The second-order valence-electron chi connectivity index (χ2n) is 6.98. The molecule has 20 heavy (non-hydrogen) atoms. The predicted octanol–water partition coefficient (Wildman–Crippen LogP) is 4.07. The largest absolute Gasteiger partial charge is 0.118 e. The summed E-state index contributed by atoms with van der Waals surface area (Å²) in [7, 11) is -1.52. The molecule has 104 valence electrons. The molecule has 0 atom stereocenters. The van der Waals surface area contributed by atoms with Gasteiger partial charge in [-0.3, -0.25) is 0 Å². The Bertz CT molecular complexity index is 505. The highest BCUT2D eigenvalue weighted by molar-refractivity contribution is 7.02. The first-order valence-electron chi connectivity index (χ1n) is 7.74. The van der Waals surface area contributed by atoms with Gasteiger partial charge in [-0.25, -0.2) is 0 Å². The third-order valence-corrected chi connectivity index (χ3v) is 10.2. The summed E-state index contributed by atoms with van der Waals surface area (Å²) in [5, 5.41) is 3.25. The molecule has 0 aromatic heterocycles. The maximum atomic E-state index is 2.43. The predicted molar refractivity (Wildman–Crippen MR) is 90.5 cm³/mol. The van der Waals surface area contributed by atoms with Crippen LogP contribution in [0.25, 0.3) is 0 Å². The first-order valence-corrected chi connectivity index (χ1v) is 10.1. The van der Waals surface area contributed by atoms with Gasteiger partial charge in [-0.2, -0.15) is 0 Å². The first kappa shape index (κ1) is 13.6. The fourth-order valence-electron chi connectivity index (χ4n) is 3.61. The van der Waals surface area contributed by atoms with E-state index in [9.17, 15) is 0 Å². The second kappa shape index (κ2) is 5.21. The molecule has 3 rings (SSSR count). The van der Waals surface area contributed by atoms with E-state index in [0.29, 0.717) is 5.41 Å². The molecule has 1 heterocycles. The van der Waals surface area contributed by atoms with Crippen molar-refractivity contribution in [2.24, 2.45) is 5.41 Å². The standard InChI is InChI=1S/C19H24Si/c1-19(2)13-15-20(16-14-19,17-9-5-3-6-10-17)18-11-7-4-8-12-18/h3-12H,13-16H2,1-2H3. The van der Waals surface area contributed by atoms with Crippen LogP contribution in [0.1, 0.15) is 26.7 Å². The highest BCUT2D eigenvalue weighted by Gasteiger charge is 2.42. The molecule has 2 aromatic rings. The average molecular weight is 280 g/mol. The Labute approximate surface area is 123 Å². The molecule has 0 N–H and O–H groups in total. The van der Waals surface area contributed by atoms with Crippen molar-refractivity contribution in [3.05, 3.63) is 60.7 Å². The van der Waals surface area contributed by atoms with Crippen molar-refractivity contribution in [2.75, 3.05) is 0 Å². The van der Waals surface area contributed by atoms with E-state index in [2.05, 4.69) is 74.5 Å². The molecular weight excluding hydrogens is 256 g/mol. The summed E-state index contributed by atoms with van der Waals surface area (Å²) in [6.07, 6.45) is 2.73. The lowest BCUT2D eigenvalue weighted by Crippen LogP contribution is -2.60. The van der Waals surface area contributed by atoms with Gasteiger partial charge in [0, 0.05) is 0 Å². The van der Waals surface area contributed by atoms with Crippen molar-refractivity contribution in [3.63, 3.8) is 0 Å². The Kier molecular flexibility index (Phi) is 3.55. The summed E-state index contributed by atoms with van der Waals surface area (Å²) in [5.74, 6) is 0. The fourth-order valence-corrected chi connectivity index (χ4v) is 9.22. The smallest absolute Gasteiger partial charge is 0.0626 e. The zero-order chi connectivity index (χ0) is 14.1. The van der Waals surface area contributed by atoms with Crippen LogP contribution in [0.15, 0.2) is 60.7 Å². The van der Waals surface area contributed by atoms with E-state index in [1.807, 2.05) is 0 Å². The van der Waals surface area contributed by atoms with Crippen molar-refractivity contribution in [3.8, 4) is 0 Å². The lowest BCUT2D eigenvalue weighted by atomic mass is 9.87. The lowest BCUT2D eigenvalue weighted by Gasteiger charge is -2.43. The lowest BCUT2D eigenvalue weighted by molar-refractivity contribution is 0.322. The highest BCUT2D eigenvalue weighted by atomic mass is 28.3. The summed E-state index contributed by atoms with van der Waals surface area (Å²) in [5.41, 5.74) is 0.528. The number of hydrogen-bond donors (Lipinski definition) is 0. The summed E-state index contributed by atoms with van der Waals surface area (Å²) in [4.78, 5) is 0. The van der Waals surface area contributed by atoms with Gasteiger partial charge in [0.25, 0.3) is 0 Å². The van der Waals surface area contributed by atoms with Crippen LogP contribution in [0.5, 0.6) is 0 Å². The van der Waals surface area contributed by atoms with Gasteiger partial charge in [-0.1, -0.05) is 84.9 Å².